The summed E-state index contributed by atoms with van der Waals surface area (Å²) >= 11 is 0. The second-order valence-corrected chi connectivity index (χ2v) is 5.80. The second-order valence-electron chi connectivity index (χ2n) is 5.80. The van der Waals surface area contributed by atoms with Crippen molar-refractivity contribution < 1.29 is 14.3 Å². The summed E-state index contributed by atoms with van der Waals surface area (Å²) in [5.74, 6) is 0.900. The smallest absolute Gasteiger partial charge is 0.329 e. The highest BCUT2D eigenvalue weighted by molar-refractivity contribution is 5.82. The van der Waals surface area contributed by atoms with E-state index in [1.165, 1.54) is 0 Å². The van der Waals surface area contributed by atoms with Crippen LogP contribution in [0.3, 0.4) is 0 Å². The maximum absolute atomic E-state index is 12.2. The van der Waals surface area contributed by atoms with E-state index in [1.54, 1.807) is 0 Å². The normalized spacial score (nSPS) is 18.4. The largest absolute Gasteiger partial charge is 0.465 e. The lowest BCUT2D eigenvalue weighted by Crippen LogP contribution is -2.57. The van der Waals surface area contributed by atoms with Gasteiger partial charge in [-0.2, -0.15) is 0 Å². The van der Waals surface area contributed by atoms with E-state index in [4.69, 9.17) is 9.47 Å². The average Bonchev–Trinajstić information content (AvgIpc) is 3.18. The van der Waals surface area contributed by atoms with Crippen LogP contribution in [0, 0.1) is 11.8 Å². The summed E-state index contributed by atoms with van der Waals surface area (Å²) in [6.45, 7) is 7.82. The molecule has 1 fully saturated rings. The Bertz CT molecular complexity index is 277. The van der Waals surface area contributed by atoms with E-state index in [0.717, 1.165) is 25.7 Å². The van der Waals surface area contributed by atoms with Gasteiger partial charge in [-0.1, -0.05) is 13.8 Å². The fraction of sp³-hybridized carbons (Fsp3) is 0.933. The molecule has 0 amide bonds. The van der Waals surface area contributed by atoms with Crippen LogP contribution in [0.25, 0.3) is 0 Å². The summed E-state index contributed by atoms with van der Waals surface area (Å²) in [5.41, 5.74) is -0.631. The number of rotatable bonds is 10. The fourth-order valence-electron chi connectivity index (χ4n) is 2.38. The summed E-state index contributed by atoms with van der Waals surface area (Å²) in [6, 6.07) is 0. The van der Waals surface area contributed by atoms with Crippen LogP contribution in [0.1, 0.15) is 46.5 Å². The van der Waals surface area contributed by atoms with E-state index in [0.29, 0.717) is 31.7 Å². The highest BCUT2D eigenvalue weighted by atomic mass is 16.5. The SMILES string of the molecule is CCOC(=O)C(COCCCC(C)C)(NC)C1CC1. The Morgan fingerprint density at radius 1 is 1.42 bits per heavy atom. The van der Waals surface area contributed by atoms with Crippen LogP contribution in [-0.2, 0) is 14.3 Å². The summed E-state index contributed by atoms with van der Waals surface area (Å²) in [5, 5.41) is 3.16. The number of likely N-dealkylation sites (N-methyl/N-ethyl adjacent to an activating group) is 1. The van der Waals surface area contributed by atoms with Gasteiger partial charge in [-0.3, -0.25) is 0 Å². The molecule has 0 saturated heterocycles. The molecule has 1 saturated carbocycles. The molecule has 1 aliphatic rings. The van der Waals surface area contributed by atoms with Crippen LogP contribution in [0.4, 0.5) is 0 Å². The van der Waals surface area contributed by atoms with E-state index in [2.05, 4.69) is 19.2 Å². The molecular weight excluding hydrogens is 242 g/mol. The van der Waals surface area contributed by atoms with E-state index < -0.39 is 5.54 Å². The van der Waals surface area contributed by atoms with Gasteiger partial charge in [0.2, 0.25) is 0 Å². The van der Waals surface area contributed by atoms with E-state index in [9.17, 15) is 4.79 Å². The van der Waals surface area contributed by atoms with Crippen molar-refractivity contribution >= 4 is 5.97 Å². The van der Waals surface area contributed by atoms with Gasteiger partial charge in [-0.05, 0) is 51.5 Å². The molecule has 1 atom stereocenters. The minimum atomic E-state index is -0.631. The zero-order chi connectivity index (χ0) is 14.3. The average molecular weight is 271 g/mol. The monoisotopic (exact) mass is 271 g/mol. The van der Waals surface area contributed by atoms with Crippen LogP contribution in [0.5, 0.6) is 0 Å². The van der Waals surface area contributed by atoms with Gasteiger partial charge >= 0.3 is 5.97 Å². The van der Waals surface area contributed by atoms with Gasteiger partial charge in [0.1, 0.15) is 5.54 Å². The molecule has 0 heterocycles. The summed E-state index contributed by atoms with van der Waals surface area (Å²) in [4.78, 5) is 12.2. The van der Waals surface area contributed by atoms with Crippen LogP contribution in [0.15, 0.2) is 0 Å². The molecular formula is C15H29NO3. The first-order valence-corrected chi connectivity index (χ1v) is 7.50. The first kappa shape index (κ1) is 16.4. The highest BCUT2D eigenvalue weighted by Crippen LogP contribution is 2.40. The lowest BCUT2D eigenvalue weighted by molar-refractivity contribution is -0.155. The molecule has 4 heteroatoms. The molecule has 0 radical (unpaired) electrons. The number of hydrogen-bond donors (Lipinski definition) is 1. The summed E-state index contributed by atoms with van der Waals surface area (Å²) < 4.78 is 11.0. The van der Waals surface area contributed by atoms with Crippen LogP contribution < -0.4 is 5.32 Å². The van der Waals surface area contributed by atoms with Crippen molar-refractivity contribution in [2.75, 3.05) is 26.9 Å². The van der Waals surface area contributed by atoms with Gasteiger partial charge in [0, 0.05) is 6.61 Å². The van der Waals surface area contributed by atoms with E-state index in [1.807, 2.05) is 14.0 Å². The van der Waals surface area contributed by atoms with Crippen molar-refractivity contribution in [2.24, 2.45) is 11.8 Å². The molecule has 1 unspecified atom stereocenters. The number of ether oxygens (including phenoxy) is 2. The van der Waals surface area contributed by atoms with Gasteiger partial charge in [0.05, 0.1) is 13.2 Å². The molecule has 4 nitrogen and oxygen atoms in total. The number of esters is 1. The Morgan fingerprint density at radius 3 is 2.58 bits per heavy atom. The van der Waals surface area contributed by atoms with Gasteiger partial charge in [0.25, 0.3) is 0 Å². The molecule has 0 spiro atoms. The van der Waals surface area contributed by atoms with E-state index >= 15 is 0 Å². The molecule has 1 aliphatic carbocycles. The van der Waals surface area contributed by atoms with Gasteiger partial charge in [0.15, 0.2) is 0 Å². The number of hydrogen-bond acceptors (Lipinski definition) is 4. The third-order valence-corrected chi connectivity index (χ3v) is 3.76. The Hall–Kier alpha value is -0.610. The molecule has 0 aromatic heterocycles. The first-order valence-electron chi connectivity index (χ1n) is 7.50. The van der Waals surface area contributed by atoms with Crippen LogP contribution in [-0.4, -0.2) is 38.4 Å². The third-order valence-electron chi connectivity index (χ3n) is 3.76. The third kappa shape index (κ3) is 4.77. The number of nitrogens with one attached hydrogen (secondary N) is 1. The predicted molar refractivity (Wildman–Crippen MR) is 76.0 cm³/mol. The minimum Gasteiger partial charge on any atom is -0.465 e. The first-order chi connectivity index (χ1) is 9.06. The van der Waals surface area contributed by atoms with Crippen molar-refractivity contribution in [2.45, 2.75) is 52.0 Å². The lowest BCUT2D eigenvalue weighted by Gasteiger charge is -2.31. The van der Waals surface area contributed by atoms with Gasteiger partial charge < -0.3 is 14.8 Å². The highest BCUT2D eigenvalue weighted by Gasteiger charge is 2.51. The van der Waals surface area contributed by atoms with Gasteiger partial charge in [-0.15, -0.1) is 0 Å². The van der Waals surface area contributed by atoms with Gasteiger partial charge in [-0.25, -0.2) is 4.79 Å². The molecule has 0 aromatic carbocycles. The zero-order valence-electron chi connectivity index (χ0n) is 12.8. The Labute approximate surface area is 117 Å². The predicted octanol–water partition coefficient (Wildman–Crippen LogP) is 2.37. The van der Waals surface area contributed by atoms with Crippen molar-refractivity contribution in [3.8, 4) is 0 Å². The molecule has 1 rings (SSSR count). The molecule has 112 valence electrons. The lowest BCUT2D eigenvalue weighted by atomic mass is 9.94. The quantitative estimate of drug-likeness (QED) is 0.489. The maximum Gasteiger partial charge on any atom is 0.329 e. The maximum atomic E-state index is 12.2. The molecule has 0 bridgehead atoms. The minimum absolute atomic E-state index is 0.163. The standard InChI is InChI=1S/C15H29NO3/c1-5-19-14(17)15(16-4,13-8-9-13)11-18-10-6-7-12(2)3/h12-13,16H,5-11H2,1-4H3. The number of carbonyl (C=O) groups excluding carboxylic acids is 1. The zero-order valence-corrected chi connectivity index (χ0v) is 12.8. The Balaban J connectivity index is 2.43. The molecule has 19 heavy (non-hydrogen) atoms. The Kier molecular flexibility index (Phi) is 6.80. The second kappa shape index (κ2) is 7.85. The summed E-state index contributed by atoms with van der Waals surface area (Å²) in [7, 11) is 1.83. The number of carbonyl (C=O) groups is 1. The van der Waals surface area contributed by atoms with Crippen molar-refractivity contribution in [1.29, 1.82) is 0 Å². The van der Waals surface area contributed by atoms with Crippen molar-refractivity contribution in [3.63, 3.8) is 0 Å². The molecule has 0 aromatic rings. The molecule has 0 aliphatic heterocycles. The van der Waals surface area contributed by atoms with E-state index in [-0.39, 0.29) is 5.97 Å². The summed E-state index contributed by atoms with van der Waals surface area (Å²) in [6.07, 6.45) is 4.37. The van der Waals surface area contributed by atoms with Crippen LogP contribution >= 0.6 is 0 Å². The fourth-order valence-corrected chi connectivity index (χ4v) is 2.38. The molecule has 1 N–H and O–H groups in total. The topological polar surface area (TPSA) is 47.6 Å². The van der Waals surface area contributed by atoms with Crippen molar-refractivity contribution in [1.82, 2.24) is 5.32 Å². The van der Waals surface area contributed by atoms with Crippen LogP contribution in [0.2, 0.25) is 0 Å². The Morgan fingerprint density at radius 2 is 2.11 bits per heavy atom. The van der Waals surface area contributed by atoms with Crippen molar-refractivity contribution in [3.05, 3.63) is 0 Å².